The van der Waals surface area contributed by atoms with Crippen molar-refractivity contribution in [3.05, 3.63) is 0 Å². The summed E-state index contributed by atoms with van der Waals surface area (Å²) >= 11 is 0. The number of hydrogen-bond acceptors (Lipinski definition) is 4. The van der Waals surface area contributed by atoms with Gasteiger partial charge < -0.3 is 14.9 Å². The smallest absolute Gasteiger partial charge is 0.156 e. The van der Waals surface area contributed by atoms with E-state index in [1.54, 1.807) is 6.92 Å². The van der Waals surface area contributed by atoms with Crippen molar-refractivity contribution in [2.45, 2.75) is 37.9 Å². The summed E-state index contributed by atoms with van der Waals surface area (Å²) in [5, 5.41) is 19.0. The van der Waals surface area contributed by atoms with Crippen molar-refractivity contribution >= 4 is 0 Å². The Balaban J connectivity index is 2.00. The van der Waals surface area contributed by atoms with Gasteiger partial charge in [0.15, 0.2) is 6.29 Å². The molecule has 2 saturated heterocycles. The monoisotopic (exact) mass is 173 g/mol. The number of aliphatic hydroxyl groups is 2. The quantitative estimate of drug-likeness (QED) is 0.508. The molecule has 0 aromatic heterocycles. The van der Waals surface area contributed by atoms with Crippen molar-refractivity contribution in [1.82, 2.24) is 4.90 Å². The van der Waals surface area contributed by atoms with Crippen molar-refractivity contribution in [1.29, 1.82) is 0 Å². The lowest BCUT2D eigenvalue weighted by Crippen LogP contribution is -2.50. The molecule has 0 bridgehead atoms. The number of ether oxygens (including phenoxy) is 1. The highest BCUT2D eigenvalue weighted by Crippen LogP contribution is 2.26. The molecule has 2 aliphatic heterocycles. The molecule has 2 N–H and O–H groups in total. The molecule has 12 heavy (non-hydrogen) atoms. The minimum Gasteiger partial charge on any atom is -0.389 e. The molecule has 0 amide bonds. The molecule has 2 rings (SSSR count). The molecule has 0 aliphatic carbocycles. The highest BCUT2D eigenvalue weighted by molar-refractivity contribution is 4.92. The van der Waals surface area contributed by atoms with Crippen LogP contribution in [0.2, 0.25) is 0 Å². The van der Waals surface area contributed by atoms with Crippen LogP contribution in [0.15, 0.2) is 0 Å². The van der Waals surface area contributed by atoms with Crippen LogP contribution in [0.3, 0.4) is 0 Å². The van der Waals surface area contributed by atoms with Gasteiger partial charge >= 0.3 is 0 Å². The van der Waals surface area contributed by atoms with E-state index >= 15 is 0 Å². The Labute approximate surface area is 71.7 Å². The highest BCUT2D eigenvalue weighted by atomic mass is 16.6. The molecule has 2 aliphatic rings. The predicted octanol–water partition coefficient (Wildman–Crippen LogP) is -0.841. The van der Waals surface area contributed by atoms with Gasteiger partial charge in [-0.3, -0.25) is 4.90 Å². The summed E-state index contributed by atoms with van der Waals surface area (Å²) in [6.07, 6.45) is -0.866. The first-order valence-electron chi connectivity index (χ1n) is 4.44. The van der Waals surface area contributed by atoms with Crippen LogP contribution in [0.25, 0.3) is 0 Å². The Bertz CT molecular complexity index is 172. The first-order valence-corrected chi connectivity index (χ1v) is 4.44. The Morgan fingerprint density at radius 1 is 1.33 bits per heavy atom. The SMILES string of the molecule is CC1OC(O)CC(N2CC2)C1O. The van der Waals surface area contributed by atoms with E-state index in [4.69, 9.17) is 4.74 Å². The average Bonchev–Trinajstić information content (AvgIpc) is 2.79. The largest absolute Gasteiger partial charge is 0.389 e. The van der Waals surface area contributed by atoms with Crippen LogP contribution in [0, 0.1) is 0 Å². The summed E-state index contributed by atoms with van der Waals surface area (Å²) in [5.74, 6) is 0. The lowest BCUT2D eigenvalue weighted by molar-refractivity contribution is -0.208. The topological polar surface area (TPSA) is 52.7 Å². The van der Waals surface area contributed by atoms with Gasteiger partial charge in [0, 0.05) is 25.6 Å². The molecule has 2 heterocycles. The Morgan fingerprint density at radius 3 is 2.58 bits per heavy atom. The van der Waals surface area contributed by atoms with Gasteiger partial charge in [0.25, 0.3) is 0 Å². The summed E-state index contributed by atoms with van der Waals surface area (Å²) in [5.41, 5.74) is 0. The average molecular weight is 173 g/mol. The van der Waals surface area contributed by atoms with E-state index in [0.717, 1.165) is 13.1 Å². The van der Waals surface area contributed by atoms with Crippen LogP contribution >= 0.6 is 0 Å². The summed E-state index contributed by atoms with van der Waals surface area (Å²) in [4.78, 5) is 2.16. The van der Waals surface area contributed by atoms with E-state index in [2.05, 4.69) is 4.90 Å². The summed E-state index contributed by atoms with van der Waals surface area (Å²) < 4.78 is 5.09. The fourth-order valence-electron chi connectivity index (χ4n) is 1.80. The third-order valence-electron chi connectivity index (χ3n) is 2.64. The Morgan fingerprint density at radius 2 is 2.00 bits per heavy atom. The van der Waals surface area contributed by atoms with Crippen LogP contribution < -0.4 is 0 Å². The van der Waals surface area contributed by atoms with Gasteiger partial charge in [-0.15, -0.1) is 0 Å². The van der Waals surface area contributed by atoms with E-state index in [-0.39, 0.29) is 12.1 Å². The van der Waals surface area contributed by atoms with Gasteiger partial charge in [0.1, 0.15) is 0 Å². The van der Waals surface area contributed by atoms with Crippen molar-refractivity contribution in [2.75, 3.05) is 13.1 Å². The van der Waals surface area contributed by atoms with Crippen molar-refractivity contribution in [3.8, 4) is 0 Å². The zero-order chi connectivity index (χ0) is 8.72. The molecule has 0 spiro atoms. The van der Waals surface area contributed by atoms with E-state index in [1.165, 1.54) is 0 Å². The van der Waals surface area contributed by atoms with E-state index in [9.17, 15) is 10.2 Å². The van der Waals surface area contributed by atoms with E-state index in [1.807, 2.05) is 0 Å². The minimum atomic E-state index is -0.700. The number of nitrogens with zero attached hydrogens (tertiary/aromatic N) is 1. The second-order valence-corrected chi connectivity index (χ2v) is 3.63. The molecule has 4 atom stereocenters. The normalized spacial score (nSPS) is 49.2. The first kappa shape index (κ1) is 8.44. The second kappa shape index (κ2) is 2.96. The first-order chi connectivity index (χ1) is 5.68. The van der Waals surface area contributed by atoms with Crippen LogP contribution in [0.4, 0.5) is 0 Å². The van der Waals surface area contributed by atoms with Gasteiger partial charge in [-0.1, -0.05) is 0 Å². The van der Waals surface area contributed by atoms with E-state index in [0.29, 0.717) is 6.42 Å². The van der Waals surface area contributed by atoms with Gasteiger partial charge in [-0.2, -0.15) is 0 Å². The lowest BCUT2D eigenvalue weighted by atomic mass is 10.00. The van der Waals surface area contributed by atoms with E-state index < -0.39 is 12.4 Å². The molecule has 0 aromatic rings. The molecular formula is C8H15NO3. The molecule has 4 nitrogen and oxygen atoms in total. The van der Waals surface area contributed by atoms with Gasteiger partial charge in [-0.05, 0) is 6.92 Å². The third kappa shape index (κ3) is 1.47. The molecule has 0 aromatic carbocycles. The van der Waals surface area contributed by atoms with Gasteiger partial charge in [0.2, 0.25) is 0 Å². The zero-order valence-electron chi connectivity index (χ0n) is 7.18. The molecule has 0 saturated carbocycles. The van der Waals surface area contributed by atoms with Crippen LogP contribution in [0.5, 0.6) is 0 Å². The Kier molecular flexibility index (Phi) is 2.08. The fourth-order valence-corrected chi connectivity index (χ4v) is 1.80. The molecular weight excluding hydrogens is 158 g/mol. The summed E-state index contributed by atoms with van der Waals surface area (Å²) in [7, 11) is 0. The minimum absolute atomic E-state index is 0.101. The maximum Gasteiger partial charge on any atom is 0.156 e. The number of aliphatic hydroxyl groups excluding tert-OH is 2. The lowest BCUT2D eigenvalue weighted by Gasteiger charge is -2.36. The predicted molar refractivity (Wildman–Crippen MR) is 42.5 cm³/mol. The molecule has 0 radical (unpaired) electrons. The zero-order valence-corrected chi connectivity index (χ0v) is 7.18. The molecule has 70 valence electrons. The van der Waals surface area contributed by atoms with Crippen molar-refractivity contribution in [2.24, 2.45) is 0 Å². The fraction of sp³-hybridized carbons (Fsp3) is 1.00. The Hall–Kier alpha value is -0.160. The van der Waals surface area contributed by atoms with Crippen LogP contribution in [0.1, 0.15) is 13.3 Å². The maximum atomic E-state index is 9.69. The van der Waals surface area contributed by atoms with Gasteiger partial charge in [0.05, 0.1) is 12.2 Å². The van der Waals surface area contributed by atoms with Gasteiger partial charge in [-0.25, -0.2) is 0 Å². The highest BCUT2D eigenvalue weighted by Gasteiger charge is 2.41. The van der Waals surface area contributed by atoms with Crippen LogP contribution in [-0.2, 0) is 4.74 Å². The standard InChI is InChI=1S/C8H15NO3/c1-5-8(11)6(9-2-3-9)4-7(10)12-5/h5-8,10-11H,2-4H2,1H3. The number of hydrogen-bond donors (Lipinski definition) is 2. The molecule has 4 unspecified atom stereocenters. The summed E-state index contributed by atoms with van der Waals surface area (Å²) in [6.45, 7) is 3.88. The third-order valence-corrected chi connectivity index (χ3v) is 2.64. The molecule has 4 heteroatoms. The van der Waals surface area contributed by atoms with Crippen LogP contribution in [-0.4, -0.2) is 52.7 Å². The number of rotatable bonds is 1. The van der Waals surface area contributed by atoms with Crippen molar-refractivity contribution in [3.63, 3.8) is 0 Å². The second-order valence-electron chi connectivity index (χ2n) is 3.63. The maximum absolute atomic E-state index is 9.69. The summed E-state index contributed by atoms with van der Waals surface area (Å²) in [6, 6.07) is 0.101. The van der Waals surface area contributed by atoms with Crippen molar-refractivity contribution < 1.29 is 14.9 Å². The molecule has 2 fully saturated rings.